The highest BCUT2D eigenvalue weighted by atomic mass is 31.2. The molecule has 7 nitrogen and oxygen atoms in total. The van der Waals surface area contributed by atoms with E-state index in [9.17, 15) is 19.9 Å². The topological polar surface area (TPSA) is 127 Å². The van der Waals surface area contributed by atoms with E-state index in [4.69, 9.17) is 9.79 Å². The molecular weight excluding hydrogens is 323 g/mol. The van der Waals surface area contributed by atoms with Crippen molar-refractivity contribution < 1.29 is 34.2 Å². The van der Waals surface area contributed by atoms with E-state index < -0.39 is 19.8 Å². The molecule has 0 spiro atoms. The fourth-order valence-corrected chi connectivity index (χ4v) is 2.66. The van der Waals surface area contributed by atoms with E-state index in [1.54, 1.807) is 19.1 Å². The molecule has 23 heavy (non-hydrogen) atoms. The highest BCUT2D eigenvalue weighted by molar-refractivity contribution is 7.46. The first-order chi connectivity index (χ1) is 10.7. The highest BCUT2D eigenvalue weighted by Crippen LogP contribution is 2.44. The number of hydrogen-bond donors (Lipinski definition) is 5. The van der Waals surface area contributed by atoms with Gasteiger partial charge in [0.05, 0.1) is 6.10 Å². The second-order valence-electron chi connectivity index (χ2n) is 5.13. The lowest BCUT2D eigenvalue weighted by molar-refractivity contribution is 0.148. The van der Waals surface area contributed by atoms with Crippen molar-refractivity contribution in [3.8, 4) is 17.2 Å². The smallest absolute Gasteiger partial charge is 0.508 e. The van der Waals surface area contributed by atoms with Gasteiger partial charge >= 0.3 is 7.82 Å². The van der Waals surface area contributed by atoms with Crippen LogP contribution in [0.3, 0.4) is 0 Å². The minimum Gasteiger partial charge on any atom is -0.508 e. The van der Waals surface area contributed by atoms with Crippen LogP contribution in [0, 0.1) is 0 Å². The Bertz CT molecular complexity index is 740. The van der Waals surface area contributed by atoms with E-state index in [0.29, 0.717) is 5.56 Å². The minimum atomic E-state index is -4.81. The van der Waals surface area contributed by atoms with Crippen LogP contribution in [0.5, 0.6) is 17.2 Å². The molecule has 2 unspecified atom stereocenters. The second kappa shape index (κ2) is 6.60. The molecule has 124 valence electrons. The quantitative estimate of drug-likeness (QED) is 0.529. The van der Waals surface area contributed by atoms with Crippen molar-refractivity contribution >= 4 is 7.82 Å². The van der Waals surface area contributed by atoms with Crippen molar-refractivity contribution in [1.29, 1.82) is 0 Å². The molecule has 0 aliphatic rings. The fraction of sp³-hybridized carbons (Fsp3) is 0.200. The zero-order valence-corrected chi connectivity index (χ0v) is 13.1. The third-order valence-electron chi connectivity index (χ3n) is 3.40. The Morgan fingerprint density at radius 2 is 1.70 bits per heavy atom. The first kappa shape index (κ1) is 17.3. The third-order valence-corrected chi connectivity index (χ3v) is 3.83. The summed E-state index contributed by atoms with van der Waals surface area (Å²) >= 11 is 0. The number of aliphatic hydroxyl groups excluding tert-OH is 1. The minimum absolute atomic E-state index is 0.0316. The first-order valence-corrected chi connectivity index (χ1v) is 8.25. The summed E-state index contributed by atoms with van der Waals surface area (Å²) in [7, 11) is -4.81. The first-order valence-electron chi connectivity index (χ1n) is 6.72. The number of rotatable bonds is 5. The fourth-order valence-electron chi connectivity index (χ4n) is 2.24. The van der Waals surface area contributed by atoms with Crippen molar-refractivity contribution in [2.45, 2.75) is 18.9 Å². The van der Waals surface area contributed by atoms with Gasteiger partial charge in [-0.15, -0.1) is 0 Å². The monoisotopic (exact) mass is 340 g/mol. The number of hydrogen-bond acceptors (Lipinski definition) is 5. The van der Waals surface area contributed by atoms with Crippen LogP contribution < -0.4 is 4.52 Å². The number of phosphoric ester groups is 1. The number of benzene rings is 2. The van der Waals surface area contributed by atoms with E-state index in [-0.39, 0.29) is 22.8 Å². The van der Waals surface area contributed by atoms with Gasteiger partial charge < -0.3 is 19.8 Å². The molecule has 2 aromatic carbocycles. The van der Waals surface area contributed by atoms with E-state index in [0.717, 1.165) is 0 Å². The third kappa shape index (κ3) is 4.46. The van der Waals surface area contributed by atoms with E-state index in [2.05, 4.69) is 4.52 Å². The lowest BCUT2D eigenvalue weighted by atomic mass is 9.90. The molecule has 2 atom stereocenters. The van der Waals surface area contributed by atoms with E-state index >= 15 is 0 Å². The van der Waals surface area contributed by atoms with Crippen molar-refractivity contribution in [2.24, 2.45) is 0 Å². The molecule has 0 saturated heterocycles. The molecule has 0 heterocycles. The average molecular weight is 340 g/mol. The Morgan fingerprint density at radius 3 is 2.30 bits per heavy atom. The van der Waals surface area contributed by atoms with Crippen molar-refractivity contribution in [2.75, 3.05) is 0 Å². The van der Waals surface area contributed by atoms with Gasteiger partial charge in [0.15, 0.2) is 0 Å². The van der Waals surface area contributed by atoms with E-state index in [1.807, 2.05) is 0 Å². The number of phosphoric acid groups is 1. The molecule has 0 aliphatic carbocycles. The van der Waals surface area contributed by atoms with Crippen molar-refractivity contribution in [1.82, 2.24) is 0 Å². The summed E-state index contributed by atoms with van der Waals surface area (Å²) in [6, 6.07) is 9.81. The summed E-state index contributed by atoms with van der Waals surface area (Å²) in [6.07, 6.45) is -1.22. The van der Waals surface area contributed by atoms with Crippen LogP contribution in [-0.4, -0.2) is 25.1 Å². The van der Waals surface area contributed by atoms with Gasteiger partial charge in [0.25, 0.3) is 0 Å². The molecular formula is C15H17O7P. The standard InChI is InChI=1S/C15H17O7P/c1-9(10-3-2-4-11(16)7-10)15(18)13-8-12(17)5-6-14(13)22-23(19,20)21/h2-9,15-18H,1H3,(H2,19,20,21). The van der Waals surface area contributed by atoms with Gasteiger partial charge in [0, 0.05) is 11.5 Å². The van der Waals surface area contributed by atoms with Crippen LogP contribution in [0.4, 0.5) is 0 Å². The zero-order chi connectivity index (χ0) is 17.2. The molecule has 8 heteroatoms. The number of phenolic OH excluding ortho intramolecular Hbond substituents is 2. The van der Waals surface area contributed by atoms with Gasteiger partial charge in [-0.25, -0.2) is 4.57 Å². The van der Waals surface area contributed by atoms with Gasteiger partial charge in [0.2, 0.25) is 0 Å². The van der Waals surface area contributed by atoms with Gasteiger partial charge in [-0.05, 0) is 35.9 Å². The van der Waals surface area contributed by atoms with Crippen molar-refractivity contribution in [3.63, 3.8) is 0 Å². The molecule has 5 N–H and O–H groups in total. The summed E-state index contributed by atoms with van der Waals surface area (Å²) in [4.78, 5) is 17.9. The predicted octanol–water partition coefficient (Wildman–Crippen LogP) is 2.41. The molecule has 0 fully saturated rings. The van der Waals surface area contributed by atoms with Crippen LogP contribution in [0.2, 0.25) is 0 Å². The largest absolute Gasteiger partial charge is 0.524 e. The summed E-state index contributed by atoms with van der Waals surface area (Å²) in [6.45, 7) is 1.67. The zero-order valence-electron chi connectivity index (χ0n) is 12.2. The normalized spacial score (nSPS) is 14.3. The Morgan fingerprint density at radius 1 is 1.04 bits per heavy atom. The van der Waals surface area contributed by atoms with Crippen LogP contribution >= 0.6 is 7.82 Å². The van der Waals surface area contributed by atoms with Crippen LogP contribution in [0.15, 0.2) is 42.5 Å². The van der Waals surface area contributed by atoms with E-state index in [1.165, 1.54) is 30.3 Å². The summed E-state index contributed by atoms with van der Waals surface area (Å²) in [5, 5.41) is 29.6. The van der Waals surface area contributed by atoms with Crippen LogP contribution in [-0.2, 0) is 4.57 Å². The number of phenols is 2. The SMILES string of the molecule is CC(c1cccc(O)c1)C(O)c1cc(O)ccc1OP(=O)(O)O. The van der Waals surface area contributed by atoms with Gasteiger partial charge in [-0.1, -0.05) is 19.1 Å². The lowest BCUT2D eigenvalue weighted by Crippen LogP contribution is -2.09. The Labute approximate surface area is 132 Å². The number of aromatic hydroxyl groups is 2. The van der Waals surface area contributed by atoms with Gasteiger partial charge in [0.1, 0.15) is 17.2 Å². The molecule has 0 radical (unpaired) electrons. The number of aliphatic hydroxyl groups is 1. The lowest BCUT2D eigenvalue weighted by Gasteiger charge is -2.22. The summed E-state index contributed by atoms with van der Waals surface area (Å²) in [5.74, 6) is -0.900. The predicted molar refractivity (Wildman–Crippen MR) is 82.3 cm³/mol. The maximum absolute atomic E-state index is 11.0. The summed E-state index contributed by atoms with van der Waals surface area (Å²) < 4.78 is 15.6. The maximum atomic E-state index is 11.0. The Hall–Kier alpha value is -2.05. The molecule has 0 amide bonds. The summed E-state index contributed by atoms with van der Waals surface area (Å²) in [5.41, 5.74) is 0.646. The van der Waals surface area contributed by atoms with Gasteiger partial charge in [-0.3, -0.25) is 9.79 Å². The second-order valence-corrected chi connectivity index (χ2v) is 6.30. The van der Waals surface area contributed by atoms with Crippen LogP contribution in [0.1, 0.15) is 30.1 Å². The molecule has 0 bridgehead atoms. The van der Waals surface area contributed by atoms with Crippen molar-refractivity contribution in [3.05, 3.63) is 53.6 Å². The molecule has 0 saturated carbocycles. The Balaban J connectivity index is 2.39. The molecule has 2 aromatic rings. The van der Waals surface area contributed by atoms with Crippen LogP contribution in [0.25, 0.3) is 0 Å². The van der Waals surface area contributed by atoms with Gasteiger partial charge in [-0.2, -0.15) is 0 Å². The average Bonchev–Trinajstić information content (AvgIpc) is 2.46. The Kier molecular flexibility index (Phi) is 4.97. The molecule has 0 aromatic heterocycles. The maximum Gasteiger partial charge on any atom is 0.524 e. The molecule has 0 aliphatic heterocycles. The highest BCUT2D eigenvalue weighted by Gasteiger charge is 2.26. The molecule has 2 rings (SSSR count).